The molecule has 0 aliphatic carbocycles. The van der Waals surface area contributed by atoms with Crippen LogP contribution in [0.4, 0.5) is 0 Å². The molecule has 2 rings (SSSR count). The van der Waals surface area contributed by atoms with Crippen molar-refractivity contribution in [2.75, 3.05) is 65.4 Å². The predicted molar refractivity (Wildman–Crippen MR) is 169 cm³/mol. The first-order chi connectivity index (χ1) is 21.8. The van der Waals surface area contributed by atoms with E-state index in [1.54, 1.807) is 20.8 Å². The van der Waals surface area contributed by atoms with Gasteiger partial charge in [-0.3, -0.25) is 38.6 Å². The van der Waals surface area contributed by atoms with Gasteiger partial charge in [-0.1, -0.05) is 32.6 Å². The van der Waals surface area contributed by atoms with Crippen LogP contribution in [0, 0.1) is 5.92 Å². The SMILES string of the molecule is C=C(C)C(=O)NCCN(CCNC(=O)C(C)C)CCN(CCNC(=O)c1cccc(=O)n1O)CCNC(=O)c1cccc(=O)n1O. The lowest BCUT2D eigenvalue weighted by atomic mass is 10.2. The Morgan fingerprint density at radius 1 is 0.696 bits per heavy atom. The number of hydrogen-bond acceptors (Lipinski definition) is 10. The van der Waals surface area contributed by atoms with E-state index in [2.05, 4.69) is 27.8 Å². The van der Waals surface area contributed by atoms with E-state index in [1.807, 2.05) is 9.80 Å². The van der Waals surface area contributed by atoms with Gasteiger partial charge in [0.25, 0.3) is 22.9 Å². The normalized spacial score (nSPS) is 11.0. The Morgan fingerprint density at radius 2 is 1.09 bits per heavy atom. The molecule has 0 fully saturated rings. The third-order valence-corrected chi connectivity index (χ3v) is 6.84. The standard InChI is InChI=1S/C30H44N8O8/c1-21(2)27(41)31-11-15-35(16-12-32-28(42)22(3)4)19-20-36(17-13-33-29(43)23-7-5-9-25(39)37(23)45)18-14-34-30(44)24-8-6-10-26(40)38(24)46/h5-10,22,45-46H,1,11-20H2,2-4H3,(H,31,41)(H,32,42)(H,33,43)(H,34,44). The molecule has 0 aliphatic rings. The summed E-state index contributed by atoms with van der Waals surface area (Å²) in [6.07, 6.45) is 0. The number of rotatable bonds is 19. The Hall–Kier alpha value is -4.96. The molecule has 0 aliphatic heterocycles. The molecule has 2 heterocycles. The summed E-state index contributed by atoms with van der Waals surface area (Å²) >= 11 is 0. The zero-order chi connectivity index (χ0) is 34.2. The Morgan fingerprint density at radius 3 is 1.48 bits per heavy atom. The third kappa shape index (κ3) is 12.2. The van der Waals surface area contributed by atoms with Gasteiger partial charge in [0, 0.05) is 89.1 Å². The van der Waals surface area contributed by atoms with Gasteiger partial charge in [0.15, 0.2) is 0 Å². The molecule has 0 atom stereocenters. The number of carbonyl (C=O) groups excluding carboxylic acids is 4. The number of pyridine rings is 2. The summed E-state index contributed by atoms with van der Waals surface area (Å²) in [6.45, 7) is 12.4. The number of nitrogens with zero attached hydrogens (tertiary/aromatic N) is 4. The maximum absolute atomic E-state index is 12.6. The van der Waals surface area contributed by atoms with Crippen LogP contribution >= 0.6 is 0 Å². The highest BCUT2D eigenvalue weighted by Gasteiger charge is 2.16. The van der Waals surface area contributed by atoms with Gasteiger partial charge in [-0.05, 0) is 19.1 Å². The van der Waals surface area contributed by atoms with Crippen molar-refractivity contribution in [3.8, 4) is 0 Å². The topological polar surface area (TPSA) is 207 Å². The molecule has 0 spiro atoms. The van der Waals surface area contributed by atoms with Crippen LogP contribution in [0.3, 0.4) is 0 Å². The summed E-state index contributed by atoms with van der Waals surface area (Å²) in [5, 5.41) is 30.8. The molecule has 0 saturated carbocycles. The molecule has 0 radical (unpaired) electrons. The molecule has 16 heteroatoms. The molecule has 16 nitrogen and oxygen atoms in total. The van der Waals surface area contributed by atoms with Crippen LogP contribution in [0.15, 0.2) is 58.1 Å². The molecule has 0 unspecified atom stereocenters. The van der Waals surface area contributed by atoms with Gasteiger partial charge in [-0.2, -0.15) is 0 Å². The monoisotopic (exact) mass is 644 g/mol. The number of aromatic nitrogens is 2. The van der Waals surface area contributed by atoms with E-state index < -0.39 is 22.9 Å². The van der Waals surface area contributed by atoms with Gasteiger partial charge in [-0.25, -0.2) is 0 Å². The second-order valence-electron chi connectivity index (χ2n) is 10.8. The molecule has 0 saturated heterocycles. The number of nitrogens with one attached hydrogen (secondary N) is 4. The van der Waals surface area contributed by atoms with E-state index in [1.165, 1.54) is 24.3 Å². The lowest BCUT2D eigenvalue weighted by Crippen LogP contribution is -2.46. The molecule has 6 N–H and O–H groups in total. The van der Waals surface area contributed by atoms with Crippen molar-refractivity contribution in [1.29, 1.82) is 0 Å². The molecule has 0 aromatic carbocycles. The minimum absolute atomic E-state index is 0.0814. The molecule has 4 amide bonds. The zero-order valence-corrected chi connectivity index (χ0v) is 26.5. The summed E-state index contributed by atoms with van der Waals surface area (Å²) in [5.74, 6) is -1.83. The van der Waals surface area contributed by atoms with Gasteiger partial charge < -0.3 is 31.7 Å². The smallest absolute Gasteiger partial charge is 0.283 e. The van der Waals surface area contributed by atoms with Crippen molar-refractivity contribution in [3.05, 3.63) is 80.6 Å². The second-order valence-corrected chi connectivity index (χ2v) is 10.8. The average Bonchev–Trinajstić information content (AvgIpc) is 3.01. The number of amides is 4. The average molecular weight is 645 g/mol. The Bertz CT molecular complexity index is 1410. The van der Waals surface area contributed by atoms with Crippen LogP contribution < -0.4 is 32.4 Å². The lowest BCUT2D eigenvalue weighted by Gasteiger charge is -2.28. The number of carbonyl (C=O) groups is 4. The Labute approximate surface area is 266 Å². The summed E-state index contributed by atoms with van der Waals surface area (Å²) in [6, 6.07) is 7.54. The minimum Gasteiger partial charge on any atom is -0.425 e. The van der Waals surface area contributed by atoms with Crippen molar-refractivity contribution in [1.82, 2.24) is 40.5 Å². The van der Waals surface area contributed by atoms with E-state index in [9.17, 15) is 39.2 Å². The molecule has 2 aromatic rings. The van der Waals surface area contributed by atoms with Crippen LogP contribution in [0.5, 0.6) is 0 Å². The quantitative estimate of drug-likeness (QED) is 0.0788. The van der Waals surface area contributed by atoms with Crippen LogP contribution in [-0.4, -0.2) is 119 Å². The van der Waals surface area contributed by atoms with Crippen LogP contribution in [0.25, 0.3) is 0 Å². The van der Waals surface area contributed by atoms with Gasteiger partial charge in [0.05, 0.1) is 0 Å². The summed E-state index contributed by atoms with van der Waals surface area (Å²) < 4.78 is 0.519. The summed E-state index contributed by atoms with van der Waals surface area (Å²) in [4.78, 5) is 76.6. The minimum atomic E-state index is -0.749. The van der Waals surface area contributed by atoms with E-state index >= 15 is 0 Å². The lowest BCUT2D eigenvalue weighted by molar-refractivity contribution is -0.124. The largest absolute Gasteiger partial charge is 0.425 e. The maximum Gasteiger partial charge on any atom is 0.283 e. The molecule has 2 aromatic heterocycles. The van der Waals surface area contributed by atoms with Crippen molar-refractivity contribution in [2.45, 2.75) is 20.8 Å². The van der Waals surface area contributed by atoms with Crippen molar-refractivity contribution in [2.24, 2.45) is 5.92 Å². The van der Waals surface area contributed by atoms with Gasteiger partial charge in [0.1, 0.15) is 11.4 Å². The first-order valence-corrected chi connectivity index (χ1v) is 14.9. The molecular weight excluding hydrogens is 600 g/mol. The first kappa shape index (κ1) is 37.2. The maximum atomic E-state index is 12.6. The fraction of sp³-hybridized carbons (Fsp3) is 0.467. The fourth-order valence-electron chi connectivity index (χ4n) is 4.12. The first-order valence-electron chi connectivity index (χ1n) is 14.9. The van der Waals surface area contributed by atoms with Crippen molar-refractivity contribution >= 4 is 23.6 Å². The fourth-order valence-corrected chi connectivity index (χ4v) is 4.12. The van der Waals surface area contributed by atoms with E-state index in [-0.39, 0.29) is 51.7 Å². The second kappa shape index (κ2) is 18.8. The highest BCUT2D eigenvalue weighted by molar-refractivity contribution is 5.93. The van der Waals surface area contributed by atoms with Gasteiger partial charge >= 0.3 is 0 Å². The van der Waals surface area contributed by atoms with Gasteiger partial charge in [0.2, 0.25) is 11.8 Å². The van der Waals surface area contributed by atoms with E-state index in [4.69, 9.17) is 0 Å². The van der Waals surface area contributed by atoms with Crippen molar-refractivity contribution < 1.29 is 29.6 Å². The van der Waals surface area contributed by atoms with Crippen molar-refractivity contribution in [3.63, 3.8) is 0 Å². The molecule has 46 heavy (non-hydrogen) atoms. The predicted octanol–water partition coefficient (Wildman–Crippen LogP) is -1.29. The third-order valence-electron chi connectivity index (χ3n) is 6.84. The van der Waals surface area contributed by atoms with Gasteiger partial charge in [-0.15, -0.1) is 9.46 Å². The Balaban J connectivity index is 2.08. The van der Waals surface area contributed by atoms with Crippen LogP contribution in [0.1, 0.15) is 41.7 Å². The molecule has 252 valence electrons. The van der Waals surface area contributed by atoms with E-state index in [0.29, 0.717) is 57.9 Å². The summed E-state index contributed by atoms with van der Waals surface area (Å²) in [7, 11) is 0. The highest BCUT2D eigenvalue weighted by Crippen LogP contribution is 1.98. The highest BCUT2D eigenvalue weighted by atomic mass is 16.5. The Kier molecular flexibility index (Phi) is 15.2. The molecular formula is C30H44N8O8. The van der Waals surface area contributed by atoms with Crippen LogP contribution in [-0.2, 0) is 9.59 Å². The van der Waals surface area contributed by atoms with Crippen LogP contribution in [0.2, 0.25) is 0 Å². The molecule has 0 bridgehead atoms. The number of hydrogen-bond donors (Lipinski definition) is 6. The zero-order valence-electron chi connectivity index (χ0n) is 26.5. The van der Waals surface area contributed by atoms with E-state index in [0.717, 1.165) is 12.1 Å². The summed E-state index contributed by atoms with van der Waals surface area (Å²) in [5.41, 5.74) is -1.57.